The third kappa shape index (κ3) is 4.11. The van der Waals surface area contributed by atoms with Gasteiger partial charge in [-0.15, -0.1) is 11.6 Å². The Balaban J connectivity index is 2.64. The lowest BCUT2D eigenvalue weighted by Crippen LogP contribution is -2.25. The van der Waals surface area contributed by atoms with Gasteiger partial charge in [-0.25, -0.2) is 0 Å². The van der Waals surface area contributed by atoms with Gasteiger partial charge in [-0.05, 0) is 24.1 Å². The maximum atomic E-state index is 11.7. The molecule has 0 saturated carbocycles. The molecular formula is C13H18ClNO3. The van der Waals surface area contributed by atoms with E-state index in [4.69, 9.17) is 16.3 Å². The third-order valence-electron chi connectivity index (χ3n) is 2.61. The van der Waals surface area contributed by atoms with Crippen LogP contribution in [0.2, 0.25) is 0 Å². The summed E-state index contributed by atoms with van der Waals surface area (Å²) < 4.78 is 5.02. The van der Waals surface area contributed by atoms with Gasteiger partial charge in [0.25, 0.3) is 0 Å². The van der Waals surface area contributed by atoms with Crippen molar-refractivity contribution in [3.8, 4) is 11.5 Å². The zero-order chi connectivity index (χ0) is 13.5. The first kappa shape index (κ1) is 14.6. The number of ether oxygens (including phenoxy) is 1. The molecule has 0 fully saturated rings. The average molecular weight is 272 g/mol. The molecule has 100 valence electrons. The van der Waals surface area contributed by atoms with Crippen molar-refractivity contribution in [2.45, 2.75) is 19.4 Å². The molecule has 18 heavy (non-hydrogen) atoms. The normalized spacial score (nSPS) is 10.2. The van der Waals surface area contributed by atoms with Crippen molar-refractivity contribution in [2.24, 2.45) is 0 Å². The Morgan fingerprint density at radius 2 is 2.22 bits per heavy atom. The Hall–Kier alpha value is -1.42. The number of alkyl halides is 1. The lowest BCUT2D eigenvalue weighted by molar-refractivity contribution is -0.130. The molecule has 1 aromatic carbocycles. The molecule has 0 heterocycles. The number of methoxy groups -OCH3 is 1. The van der Waals surface area contributed by atoms with E-state index in [-0.39, 0.29) is 11.7 Å². The fourth-order valence-corrected chi connectivity index (χ4v) is 1.72. The minimum Gasteiger partial charge on any atom is -0.504 e. The molecule has 0 atom stereocenters. The highest BCUT2D eigenvalue weighted by molar-refractivity contribution is 6.17. The highest BCUT2D eigenvalue weighted by atomic mass is 35.5. The van der Waals surface area contributed by atoms with Gasteiger partial charge in [0, 0.05) is 25.9 Å². The number of carbonyl (C=O) groups is 1. The third-order valence-corrected chi connectivity index (χ3v) is 2.88. The zero-order valence-electron chi connectivity index (χ0n) is 10.6. The standard InChI is InChI=1S/C13H18ClNO3/c1-15(13(17)4-3-7-14)9-10-5-6-11(16)12(8-10)18-2/h5-6,8,16H,3-4,7,9H2,1-2H3. The van der Waals surface area contributed by atoms with Gasteiger partial charge in [-0.2, -0.15) is 0 Å². The van der Waals surface area contributed by atoms with E-state index >= 15 is 0 Å². The van der Waals surface area contributed by atoms with Crippen LogP contribution < -0.4 is 4.74 Å². The van der Waals surface area contributed by atoms with E-state index < -0.39 is 0 Å². The summed E-state index contributed by atoms with van der Waals surface area (Å²) in [4.78, 5) is 13.4. The minimum atomic E-state index is 0.0580. The van der Waals surface area contributed by atoms with Crippen LogP contribution in [0.3, 0.4) is 0 Å². The number of halogens is 1. The predicted molar refractivity (Wildman–Crippen MR) is 71.1 cm³/mol. The van der Waals surface area contributed by atoms with Crippen molar-refractivity contribution in [3.63, 3.8) is 0 Å². The molecule has 5 heteroatoms. The highest BCUT2D eigenvalue weighted by Crippen LogP contribution is 2.26. The van der Waals surface area contributed by atoms with Crippen LogP contribution in [0.15, 0.2) is 18.2 Å². The first-order chi connectivity index (χ1) is 8.58. The fourth-order valence-electron chi connectivity index (χ4n) is 1.59. The highest BCUT2D eigenvalue weighted by Gasteiger charge is 2.10. The molecule has 4 nitrogen and oxygen atoms in total. The molecule has 1 aromatic rings. The van der Waals surface area contributed by atoms with Crippen molar-refractivity contribution in [3.05, 3.63) is 23.8 Å². The zero-order valence-corrected chi connectivity index (χ0v) is 11.4. The van der Waals surface area contributed by atoms with E-state index in [0.29, 0.717) is 31.0 Å². The number of nitrogens with zero attached hydrogens (tertiary/aromatic N) is 1. The smallest absolute Gasteiger partial charge is 0.222 e. The van der Waals surface area contributed by atoms with E-state index in [1.54, 1.807) is 30.1 Å². The number of hydrogen-bond donors (Lipinski definition) is 1. The molecule has 0 aliphatic heterocycles. The summed E-state index contributed by atoms with van der Waals surface area (Å²) in [6, 6.07) is 5.05. The van der Waals surface area contributed by atoms with Crippen LogP contribution in [0.5, 0.6) is 11.5 Å². The molecule has 0 aromatic heterocycles. The Labute approximate surface area is 112 Å². The summed E-state index contributed by atoms with van der Waals surface area (Å²) in [6.45, 7) is 0.484. The number of aromatic hydroxyl groups is 1. The number of rotatable bonds is 6. The van der Waals surface area contributed by atoms with Crippen molar-refractivity contribution >= 4 is 17.5 Å². The van der Waals surface area contributed by atoms with Crippen molar-refractivity contribution < 1.29 is 14.6 Å². The van der Waals surface area contributed by atoms with Crippen molar-refractivity contribution in [1.82, 2.24) is 4.90 Å². The lowest BCUT2D eigenvalue weighted by atomic mass is 10.2. The quantitative estimate of drug-likeness (QED) is 0.808. The molecule has 0 bridgehead atoms. The molecule has 1 amide bonds. The molecular weight excluding hydrogens is 254 g/mol. The second-order valence-electron chi connectivity index (χ2n) is 4.05. The maximum Gasteiger partial charge on any atom is 0.222 e. The van der Waals surface area contributed by atoms with Gasteiger partial charge >= 0.3 is 0 Å². The van der Waals surface area contributed by atoms with Gasteiger partial charge in [0.15, 0.2) is 11.5 Å². The molecule has 0 radical (unpaired) electrons. The van der Waals surface area contributed by atoms with E-state index in [1.165, 1.54) is 7.11 Å². The molecule has 0 spiro atoms. The first-order valence-electron chi connectivity index (χ1n) is 5.74. The minimum absolute atomic E-state index is 0.0580. The van der Waals surface area contributed by atoms with Crippen LogP contribution in [-0.2, 0) is 11.3 Å². The number of amides is 1. The van der Waals surface area contributed by atoms with Crippen LogP contribution in [0.25, 0.3) is 0 Å². The second-order valence-corrected chi connectivity index (χ2v) is 4.43. The molecule has 1 N–H and O–H groups in total. The lowest BCUT2D eigenvalue weighted by Gasteiger charge is -2.17. The van der Waals surface area contributed by atoms with E-state index in [2.05, 4.69) is 0 Å². The monoisotopic (exact) mass is 271 g/mol. The summed E-state index contributed by atoms with van der Waals surface area (Å²) >= 11 is 5.55. The SMILES string of the molecule is COc1cc(CN(C)C(=O)CCCCl)ccc1O. The molecule has 1 rings (SSSR count). The van der Waals surface area contributed by atoms with Crippen molar-refractivity contribution in [2.75, 3.05) is 20.0 Å². The summed E-state index contributed by atoms with van der Waals surface area (Å²) in [7, 11) is 3.24. The Morgan fingerprint density at radius 3 is 2.83 bits per heavy atom. The summed E-state index contributed by atoms with van der Waals surface area (Å²) in [5, 5.41) is 9.47. The maximum absolute atomic E-state index is 11.7. The molecule has 0 saturated heterocycles. The number of phenols is 1. The van der Waals surface area contributed by atoms with Gasteiger partial charge < -0.3 is 14.7 Å². The molecule has 0 aliphatic rings. The Bertz CT molecular complexity index is 409. The number of phenolic OH excluding ortho intramolecular Hbond substituents is 1. The Kier molecular flexibility index (Phi) is 5.78. The average Bonchev–Trinajstić information content (AvgIpc) is 2.37. The first-order valence-corrected chi connectivity index (χ1v) is 6.27. The fraction of sp³-hybridized carbons (Fsp3) is 0.462. The van der Waals surface area contributed by atoms with Crippen LogP contribution in [0.4, 0.5) is 0 Å². The summed E-state index contributed by atoms with van der Waals surface area (Å²) in [5.74, 6) is 1.06. The number of hydrogen-bond acceptors (Lipinski definition) is 3. The van der Waals surface area contributed by atoms with Gasteiger partial charge in [-0.1, -0.05) is 6.07 Å². The van der Waals surface area contributed by atoms with Gasteiger partial charge in [0.05, 0.1) is 7.11 Å². The molecule has 0 unspecified atom stereocenters. The summed E-state index contributed by atoms with van der Waals surface area (Å²) in [6.07, 6.45) is 1.14. The van der Waals surface area contributed by atoms with Gasteiger partial charge in [0.2, 0.25) is 5.91 Å². The number of carbonyl (C=O) groups excluding carboxylic acids is 1. The van der Waals surface area contributed by atoms with E-state index in [0.717, 1.165) is 5.56 Å². The van der Waals surface area contributed by atoms with Gasteiger partial charge in [0.1, 0.15) is 0 Å². The van der Waals surface area contributed by atoms with Crippen LogP contribution in [0.1, 0.15) is 18.4 Å². The number of benzene rings is 1. The summed E-state index contributed by atoms with van der Waals surface area (Å²) in [5.41, 5.74) is 0.909. The van der Waals surface area contributed by atoms with Crippen LogP contribution >= 0.6 is 11.6 Å². The topological polar surface area (TPSA) is 49.8 Å². The molecule has 0 aliphatic carbocycles. The largest absolute Gasteiger partial charge is 0.504 e. The van der Waals surface area contributed by atoms with E-state index in [9.17, 15) is 9.90 Å². The Morgan fingerprint density at radius 1 is 1.50 bits per heavy atom. The van der Waals surface area contributed by atoms with Crippen LogP contribution in [0, 0.1) is 0 Å². The predicted octanol–water partition coefficient (Wildman–Crippen LogP) is 2.38. The van der Waals surface area contributed by atoms with Crippen molar-refractivity contribution in [1.29, 1.82) is 0 Å². The van der Waals surface area contributed by atoms with Crippen LogP contribution in [-0.4, -0.2) is 36.0 Å². The van der Waals surface area contributed by atoms with Gasteiger partial charge in [-0.3, -0.25) is 4.79 Å². The second kappa shape index (κ2) is 7.11. The van der Waals surface area contributed by atoms with E-state index in [1.807, 2.05) is 0 Å².